The summed E-state index contributed by atoms with van der Waals surface area (Å²) in [6.07, 6.45) is 8.79. The molecule has 1 heterocycles. The van der Waals surface area contributed by atoms with E-state index in [2.05, 4.69) is 17.1 Å². The Kier molecular flexibility index (Phi) is 1.39. The van der Waals surface area contributed by atoms with Gasteiger partial charge in [-0.2, -0.15) is 0 Å². The van der Waals surface area contributed by atoms with Crippen LogP contribution in [-0.4, -0.2) is 12.1 Å². The van der Waals surface area contributed by atoms with Gasteiger partial charge in [-0.15, -0.1) is 0 Å². The smallest absolute Gasteiger partial charge is 0.141 e. The molecule has 0 saturated carbocycles. The molecule has 0 saturated heterocycles. The molecule has 0 spiro atoms. The number of ether oxygens (including phenoxy) is 1. The van der Waals surface area contributed by atoms with Crippen LogP contribution < -0.4 is 4.74 Å². The van der Waals surface area contributed by atoms with E-state index < -0.39 is 0 Å². The van der Waals surface area contributed by atoms with Crippen molar-refractivity contribution in [3.8, 4) is 5.75 Å². The zero-order valence-corrected chi connectivity index (χ0v) is 6.37. The number of hydrogen-bond donors (Lipinski definition) is 0. The van der Waals surface area contributed by atoms with Crippen LogP contribution in [0.1, 0.15) is 11.1 Å². The van der Waals surface area contributed by atoms with Gasteiger partial charge in [0.25, 0.3) is 0 Å². The predicted molar refractivity (Wildman–Crippen MR) is 43.5 cm³/mol. The summed E-state index contributed by atoms with van der Waals surface area (Å²) in [5, 5.41) is 0. The SMILES string of the molecule is COc1cncc2c1CC=C2. The molecular weight excluding hydrogens is 138 g/mol. The largest absolute Gasteiger partial charge is 0.495 e. The molecule has 0 unspecified atom stereocenters. The van der Waals surface area contributed by atoms with Crippen molar-refractivity contribution in [3.63, 3.8) is 0 Å². The van der Waals surface area contributed by atoms with Crippen molar-refractivity contribution in [2.45, 2.75) is 6.42 Å². The first-order chi connectivity index (χ1) is 5.42. The van der Waals surface area contributed by atoms with E-state index in [9.17, 15) is 0 Å². The Labute approximate surface area is 65.5 Å². The topological polar surface area (TPSA) is 22.1 Å². The number of nitrogens with zero attached hydrogens (tertiary/aromatic N) is 1. The Bertz CT molecular complexity index is 304. The van der Waals surface area contributed by atoms with Crippen LogP contribution in [0.2, 0.25) is 0 Å². The Morgan fingerprint density at radius 3 is 3.18 bits per heavy atom. The van der Waals surface area contributed by atoms with Gasteiger partial charge in [-0.25, -0.2) is 0 Å². The Morgan fingerprint density at radius 1 is 1.45 bits per heavy atom. The predicted octanol–water partition coefficient (Wildman–Crippen LogP) is 1.66. The molecule has 1 aromatic heterocycles. The zero-order chi connectivity index (χ0) is 7.68. The molecule has 0 aliphatic heterocycles. The average molecular weight is 147 g/mol. The molecule has 0 atom stereocenters. The minimum atomic E-state index is 0.896. The number of aromatic nitrogens is 1. The minimum absolute atomic E-state index is 0.896. The molecule has 0 radical (unpaired) electrons. The number of fused-ring (bicyclic) bond motifs is 1. The van der Waals surface area contributed by atoms with Gasteiger partial charge in [-0.1, -0.05) is 12.2 Å². The Hall–Kier alpha value is -1.31. The molecule has 0 amide bonds. The highest BCUT2D eigenvalue weighted by Crippen LogP contribution is 2.26. The van der Waals surface area contributed by atoms with Gasteiger partial charge in [-0.05, 0) is 12.0 Å². The third-order valence-corrected chi connectivity index (χ3v) is 1.89. The normalized spacial score (nSPS) is 13.2. The van der Waals surface area contributed by atoms with E-state index in [0.717, 1.165) is 12.2 Å². The molecule has 0 bridgehead atoms. The number of hydrogen-bond acceptors (Lipinski definition) is 2. The molecule has 11 heavy (non-hydrogen) atoms. The molecule has 0 aromatic carbocycles. The molecule has 2 rings (SSSR count). The number of pyridine rings is 1. The molecular formula is C9H9NO. The average Bonchev–Trinajstić information content (AvgIpc) is 2.50. The summed E-state index contributed by atoms with van der Waals surface area (Å²) >= 11 is 0. The fourth-order valence-corrected chi connectivity index (χ4v) is 1.33. The summed E-state index contributed by atoms with van der Waals surface area (Å²) in [5.41, 5.74) is 2.44. The van der Waals surface area contributed by atoms with Crippen molar-refractivity contribution in [2.24, 2.45) is 0 Å². The van der Waals surface area contributed by atoms with Gasteiger partial charge in [0.05, 0.1) is 13.3 Å². The highest BCUT2D eigenvalue weighted by molar-refractivity contribution is 5.62. The van der Waals surface area contributed by atoms with Crippen molar-refractivity contribution in [1.29, 1.82) is 0 Å². The van der Waals surface area contributed by atoms with Crippen LogP contribution >= 0.6 is 0 Å². The molecule has 0 fully saturated rings. The standard InChI is InChI=1S/C9H9NO/c1-11-9-6-10-5-7-3-2-4-8(7)9/h2-3,5-6H,4H2,1H3. The van der Waals surface area contributed by atoms with E-state index >= 15 is 0 Å². The van der Waals surface area contributed by atoms with E-state index in [0.29, 0.717) is 0 Å². The van der Waals surface area contributed by atoms with Crippen molar-refractivity contribution < 1.29 is 4.74 Å². The first-order valence-electron chi connectivity index (χ1n) is 3.59. The number of allylic oxidation sites excluding steroid dienone is 1. The van der Waals surface area contributed by atoms with Crippen molar-refractivity contribution >= 4 is 6.08 Å². The number of methoxy groups -OCH3 is 1. The molecule has 1 aliphatic carbocycles. The second kappa shape index (κ2) is 2.38. The van der Waals surface area contributed by atoms with Gasteiger partial charge in [0.15, 0.2) is 0 Å². The minimum Gasteiger partial charge on any atom is -0.495 e. The van der Waals surface area contributed by atoms with Gasteiger partial charge >= 0.3 is 0 Å². The van der Waals surface area contributed by atoms with Gasteiger partial charge in [0.1, 0.15) is 5.75 Å². The van der Waals surface area contributed by atoms with Gasteiger partial charge in [0, 0.05) is 11.8 Å². The van der Waals surface area contributed by atoms with Gasteiger partial charge < -0.3 is 4.74 Å². The van der Waals surface area contributed by atoms with Crippen molar-refractivity contribution in [2.75, 3.05) is 7.11 Å². The maximum absolute atomic E-state index is 5.15. The lowest BCUT2D eigenvalue weighted by Crippen LogP contribution is -1.91. The van der Waals surface area contributed by atoms with Crippen LogP contribution in [0.25, 0.3) is 6.08 Å². The fraction of sp³-hybridized carbons (Fsp3) is 0.222. The summed E-state index contributed by atoms with van der Waals surface area (Å²) in [4.78, 5) is 4.05. The maximum Gasteiger partial charge on any atom is 0.141 e. The maximum atomic E-state index is 5.15. The van der Waals surface area contributed by atoms with Crippen molar-refractivity contribution in [1.82, 2.24) is 4.98 Å². The first kappa shape index (κ1) is 6.40. The molecule has 0 N–H and O–H groups in total. The van der Waals surface area contributed by atoms with Crippen LogP contribution in [0, 0.1) is 0 Å². The second-order valence-corrected chi connectivity index (χ2v) is 2.52. The van der Waals surface area contributed by atoms with Crippen LogP contribution in [0.4, 0.5) is 0 Å². The first-order valence-corrected chi connectivity index (χ1v) is 3.59. The third-order valence-electron chi connectivity index (χ3n) is 1.89. The third kappa shape index (κ3) is 0.909. The summed E-state index contributed by atoms with van der Waals surface area (Å²) in [7, 11) is 1.68. The fourth-order valence-electron chi connectivity index (χ4n) is 1.33. The van der Waals surface area contributed by atoms with Crippen LogP contribution in [0.5, 0.6) is 5.75 Å². The lowest BCUT2D eigenvalue weighted by Gasteiger charge is -2.04. The second-order valence-electron chi connectivity index (χ2n) is 2.52. The van der Waals surface area contributed by atoms with Crippen LogP contribution in [0.15, 0.2) is 18.5 Å². The molecule has 2 heteroatoms. The van der Waals surface area contributed by atoms with Gasteiger partial charge in [0.2, 0.25) is 0 Å². The molecule has 2 nitrogen and oxygen atoms in total. The highest BCUT2D eigenvalue weighted by Gasteiger charge is 2.09. The van der Waals surface area contributed by atoms with E-state index in [1.807, 2.05) is 6.20 Å². The van der Waals surface area contributed by atoms with Crippen molar-refractivity contribution in [3.05, 3.63) is 29.6 Å². The monoisotopic (exact) mass is 147 g/mol. The van der Waals surface area contributed by atoms with Crippen LogP contribution in [0.3, 0.4) is 0 Å². The van der Waals surface area contributed by atoms with E-state index in [1.54, 1.807) is 13.3 Å². The summed E-state index contributed by atoms with van der Waals surface area (Å²) < 4.78 is 5.15. The Balaban J connectivity index is 2.55. The summed E-state index contributed by atoms with van der Waals surface area (Å²) in [5.74, 6) is 0.896. The highest BCUT2D eigenvalue weighted by atomic mass is 16.5. The summed E-state index contributed by atoms with van der Waals surface area (Å²) in [6.45, 7) is 0. The van der Waals surface area contributed by atoms with E-state index in [-0.39, 0.29) is 0 Å². The quantitative estimate of drug-likeness (QED) is 0.602. The zero-order valence-electron chi connectivity index (χ0n) is 6.37. The van der Waals surface area contributed by atoms with E-state index in [4.69, 9.17) is 4.74 Å². The lowest BCUT2D eigenvalue weighted by molar-refractivity contribution is 0.409. The summed E-state index contributed by atoms with van der Waals surface area (Å²) in [6, 6.07) is 0. The molecule has 1 aliphatic rings. The molecule has 1 aromatic rings. The lowest BCUT2D eigenvalue weighted by atomic mass is 10.1. The van der Waals surface area contributed by atoms with Gasteiger partial charge in [-0.3, -0.25) is 4.98 Å². The van der Waals surface area contributed by atoms with E-state index in [1.165, 1.54) is 11.1 Å². The van der Waals surface area contributed by atoms with Crippen LogP contribution in [-0.2, 0) is 6.42 Å². The Morgan fingerprint density at radius 2 is 2.36 bits per heavy atom. The molecule has 56 valence electrons. The number of rotatable bonds is 1.